The Labute approximate surface area is 121 Å². The summed E-state index contributed by atoms with van der Waals surface area (Å²) in [5.74, 6) is -0.258. The van der Waals surface area contributed by atoms with E-state index >= 15 is 0 Å². The first-order valence-electron chi connectivity index (χ1n) is 6.15. The van der Waals surface area contributed by atoms with Gasteiger partial charge in [0.05, 0.1) is 17.8 Å². The minimum absolute atomic E-state index is 0.0615. The fraction of sp³-hybridized carbons (Fsp3) is 0.500. The third kappa shape index (κ3) is 3.23. The average Bonchev–Trinajstić information content (AvgIpc) is 2.76. The Morgan fingerprint density at radius 2 is 2.28 bits per heavy atom. The standard InChI is InChI=1S/C14H17IO3/c1-9-4-3-5-12(13(9)15)14(16)17-8-11-7-6-10(2)18-11/h3-5,10-11H,6-8H2,1-2H3/t10-,11+/m1/s1. The van der Waals surface area contributed by atoms with E-state index in [0.717, 1.165) is 22.0 Å². The second-order valence-electron chi connectivity index (χ2n) is 4.68. The molecule has 0 saturated carbocycles. The van der Waals surface area contributed by atoms with Crippen molar-refractivity contribution in [1.82, 2.24) is 0 Å². The molecule has 1 aliphatic rings. The van der Waals surface area contributed by atoms with Crippen LogP contribution in [0.25, 0.3) is 0 Å². The highest BCUT2D eigenvalue weighted by Crippen LogP contribution is 2.21. The van der Waals surface area contributed by atoms with Crippen molar-refractivity contribution in [2.45, 2.75) is 38.9 Å². The molecule has 1 aromatic rings. The van der Waals surface area contributed by atoms with Crippen LogP contribution in [0.2, 0.25) is 0 Å². The molecule has 18 heavy (non-hydrogen) atoms. The second-order valence-corrected chi connectivity index (χ2v) is 5.76. The number of hydrogen-bond acceptors (Lipinski definition) is 3. The van der Waals surface area contributed by atoms with Crippen molar-refractivity contribution in [1.29, 1.82) is 0 Å². The van der Waals surface area contributed by atoms with Gasteiger partial charge in [-0.05, 0) is 60.9 Å². The van der Waals surface area contributed by atoms with E-state index < -0.39 is 0 Å². The van der Waals surface area contributed by atoms with Gasteiger partial charge in [-0.25, -0.2) is 4.79 Å². The molecule has 2 atom stereocenters. The fourth-order valence-corrected chi connectivity index (χ4v) is 2.64. The van der Waals surface area contributed by atoms with Crippen LogP contribution in [-0.4, -0.2) is 24.8 Å². The summed E-state index contributed by atoms with van der Waals surface area (Å²) in [7, 11) is 0. The van der Waals surface area contributed by atoms with Gasteiger partial charge in [0, 0.05) is 3.57 Å². The Morgan fingerprint density at radius 3 is 2.94 bits per heavy atom. The molecule has 0 aromatic heterocycles. The Balaban J connectivity index is 1.94. The zero-order valence-corrected chi connectivity index (χ0v) is 12.8. The number of esters is 1. The van der Waals surface area contributed by atoms with E-state index in [2.05, 4.69) is 22.6 Å². The summed E-state index contributed by atoms with van der Waals surface area (Å²) < 4.78 is 11.9. The molecule has 0 amide bonds. The van der Waals surface area contributed by atoms with Gasteiger partial charge >= 0.3 is 5.97 Å². The maximum Gasteiger partial charge on any atom is 0.339 e. The highest BCUT2D eigenvalue weighted by atomic mass is 127. The zero-order chi connectivity index (χ0) is 13.1. The maximum absolute atomic E-state index is 12.0. The SMILES string of the molecule is Cc1cccc(C(=O)OC[C@@H]2CC[C@@H](C)O2)c1I. The van der Waals surface area contributed by atoms with Crippen LogP contribution >= 0.6 is 22.6 Å². The first-order chi connectivity index (χ1) is 8.58. The number of ether oxygens (including phenoxy) is 2. The minimum Gasteiger partial charge on any atom is -0.459 e. The normalized spacial score (nSPS) is 23.1. The number of benzene rings is 1. The molecule has 0 spiro atoms. The van der Waals surface area contributed by atoms with Gasteiger partial charge in [-0.2, -0.15) is 0 Å². The Kier molecular flexibility index (Phi) is 4.61. The van der Waals surface area contributed by atoms with Gasteiger partial charge in [0.2, 0.25) is 0 Å². The van der Waals surface area contributed by atoms with E-state index in [9.17, 15) is 4.79 Å². The summed E-state index contributed by atoms with van der Waals surface area (Å²) in [6.45, 7) is 4.39. The van der Waals surface area contributed by atoms with Crippen molar-refractivity contribution in [3.63, 3.8) is 0 Å². The Hall–Kier alpha value is -0.620. The molecule has 2 rings (SSSR count). The van der Waals surface area contributed by atoms with Gasteiger partial charge in [0.1, 0.15) is 6.61 Å². The minimum atomic E-state index is -0.258. The van der Waals surface area contributed by atoms with Crippen LogP contribution in [0.15, 0.2) is 18.2 Å². The van der Waals surface area contributed by atoms with E-state index in [-0.39, 0.29) is 18.2 Å². The van der Waals surface area contributed by atoms with Gasteiger partial charge in [-0.3, -0.25) is 0 Å². The van der Waals surface area contributed by atoms with Crippen LogP contribution in [0.1, 0.15) is 35.7 Å². The van der Waals surface area contributed by atoms with Gasteiger partial charge in [-0.15, -0.1) is 0 Å². The quantitative estimate of drug-likeness (QED) is 0.613. The van der Waals surface area contributed by atoms with Crippen molar-refractivity contribution < 1.29 is 14.3 Å². The second kappa shape index (κ2) is 6.02. The van der Waals surface area contributed by atoms with E-state index in [1.54, 1.807) is 6.07 Å². The van der Waals surface area contributed by atoms with Crippen LogP contribution in [0.3, 0.4) is 0 Å². The Bertz CT molecular complexity index is 445. The molecule has 1 fully saturated rings. The molecule has 1 aromatic carbocycles. The fourth-order valence-electron chi connectivity index (χ4n) is 2.06. The lowest BCUT2D eigenvalue weighted by molar-refractivity contribution is -0.00272. The number of hydrogen-bond donors (Lipinski definition) is 0. The summed E-state index contributed by atoms with van der Waals surface area (Å²) >= 11 is 2.18. The predicted molar refractivity (Wildman–Crippen MR) is 77.7 cm³/mol. The van der Waals surface area contributed by atoms with Crippen molar-refractivity contribution in [3.8, 4) is 0 Å². The zero-order valence-electron chi connectivity index (χ0n) is 10.6. The number of rotatable bonds is 3. The van der Waals surface area contributed by atoms with Crippen molar-refractivity contribution >= 4 is 28.6 Å². The van der Waals surface area contributed by atoms with Gasteiger partial charge < -0.3 is 9.47 Å². The van der Waals surface area contributed by atoms with Gasteiger partial charge in [-0.1, -0.05) is 12.1 Å². The number of aryl methyl sites for hydroxylation is 1. The maximum atomic E-state index is 12.0. The molecule has 98 valence electrons. The molecule has 0 radical (unpaired) electrons. The van der Waals surface area contributed by atoms with Crippen molar-refractivity contribution in [3.05, 3.63) is 32.9 Å². The van der Waals surface area contributed by atoms with Crippen molar-refractivity contribution in [2.75, 3.05) is 6.61 Å². The van der Waals surface area contributed by atoms with E-state index in [4.69, 9.17) is 9.47 Å². The first-order valence-corrected chi connectivity index (χ1v) is 7.23. The molecular formula is C14H17IO3. The smallest absolute Gasteiger partial charge is 0.339 e. The number of carbonyl (C=O) groups excluding carboxylic acids is 1. The van der Waals surface area contributed by atoms with Gasteiger partial charge in [0.15, 0.2) is 0 Å². The average molecular weight is 360 g/mol. The monoisotopic (exact) mass is 360 g/mol. The molecular weight excluding hydrogens is 343 g/mol. The third-order valence-electron chi connectivity index (χ3n) is 3.13. The molecule has 1 saturated heterocycles. The van der Waals surface area contributed by atoms with Crippen LogP contribution < -0.4 is 0 Å². The molecule has 4 heteroatoms. The van der Waals surface area contributed by atoms with Crippen molar-refractivity contribution in [2.24, 2.45) is 0 Å². The third-order valence-corrected chi connectivity index (χ3v) is 4.56. The molecule has 0 bridgehead atoms. The van der Waals surface area contributed by atoms with E-state index in [0.29, 0.717) is 12.2 Å². The van der Waals surface area contributed by atoms with Crippen LogP contribution in [0.5, 0.6) is 0 Å². The molecule has 1 aliphatic heterocycles. The summed E-state index contributed by atoms with van der Waals surface area (Å²) in [5, 5.41) is 0. The molecule has 0 unspecified atom stereocenters. The summed E-state index contributed by atoms with van der Waals surface area (Å²) in [6, 6.07) is 5.66. The topological polar surface area (TPSA) is 35.5 Å². The number of carbonyl (C=O) groups is 1. The largest absolute Gasteiger partial charge is 0.459 e. The predicted octanol–water partition coefficient (Wildman–Crippen LogP) is 3.32. The summed E-state index contributed by atoms with van der Waals surface area (Å²) in [6.07, 6.45) is 2.36. The highest BCUT2D eigenvalue weighted by molar-refractivity contribution is 14.1. The lowest BCUT2D eigenvalue weighted by atomic mass is 10.1. The lowest BCUT2D eigenvalue weighted by Gasteiger charge is -2.12. The number of halogens is 1. The molecule has 1 heterocycles. The van der Waals surface area contributed by atoms with E-state index in [1.165, 1.54) is 0 Å². The molecule has 0 aliphatic carbocycles. The van der Waals surface area contributed by atoms with Crippen LogP contribution in [0.4, 0.5) is 0 Å². The summed E-state index contributed by atoms with van der Waals surface area (Å²) in [5.41, 5.74) is 1.73. The highest BCUT2D eigenvalue weighted by Gasteiger charge is 2.23. The summed E-state index contributed by atoms with van der Waals surface area (Å²) in [4.78, 5) is 12.0. The molecule has 0 N–H and O–H groups in total. The van der Waals surface area contributed by atoms with Crippen LogP contribution in [-0.2, 0) is 9.47 Å². The lowest BCUT2D eigenvalue weighted by Crippen LogP contribution is -2.19. The first kappa shape index (κ1) is 13.8. The molecule has 3 nitrogen and oxygen atoms in total. The van der Waals surface area contributed by atoms with E-state index in [1.807, 2.05) is 26.0 Å². The van der Waals surface area contributed by atoms with Gasteiger partial charge in [0.25, 0.3) is 0 Å². The Morgan fingerprint density at radius 1 is 1.50 bits per heavy atom. The van der Waals surface area contributed by atoms with Crippen LogP contribution in [0, 0.1) is 10.5 Å².